The van der Waals surface area contributed by atoms with E-state index >= 15 is 0 Å². The van der Waals surface area contributed by atoms with Crippen LogP contribution in [0.25, 0.3) is 0 Å². The Kier molecular flexibility index (Phi) is 9.19. The van der Waals surface area contributed by atoms with Crippen LogP contribution in [0.2, 0.25) is 0 Å². The maximum Gasteiger partial charge on any atom is 0.320 e. The first-order chi connectivity index (χ1) is 6.72. The summed E-state index contributed by atoms with van der Waals surface area (Å²) in [5, 5.41) is 12.0. The molecule has 0 aliphatic heterocycles. The summed E-state index contributed by atoms with van der Waals surface area (Å²) in [5.41, 5.74) is 0. The van der Waals surface area contributed by atoms with Gasteiger partial charge < -0.3 is 10.4 Å². The molecule has 0 rings (SSSR count). The molecule has 0 saturated carbocycles. The molecule has 0 aliphatic carbocycles. The van der Waals surface area contributed by atoms with Gasteiger partial charge >= 0.3 is 5.97 Å². The second-order valence-electron chi connectivity index (χ2n) is 3.18. The van der Waals surface area contributed by atoms with Gasteiger partial charge in [0.05, 0.1) is 0 Å². The maximum atomic E-state index is 10.8. The van der Waals surface area contributed by atoms with Crippen LogP contribution >= 0.6 is 11.8 Å². The molecule has 0 aromatic heterocycles. The van der Waals surface area contributed by atoms with Gasteiger partial charge in [-0.05, 0) is 12.2 Å². The molecule has 1 unspecified atom stereocenters. The van der Waals surface area contributed by atoms with Crippen LogP contribution in [0.5, 0.6) is 0 Å². The molecule has 14 heavy (non-hydrogen) atoms. The monoisotopic (exact) mass is 219 g/mol. The fourth-order valence-corrected chi connectivity index (χ4v) is 1.72. The first-order valence-corrected chi connectivity index (χ1v) is 6.41. The molecular weight excluding hydrogens is 198 g/mol. The minimum Gasteiger partial charge on any atom is -0.480 e. The molecule has 2 N–H and O–H groups in total. The minimum absolute atomic E-state index is 0.354. The zero-order valence-corrected chi connectivity index (χ0v) is 9.90. The number of hydrogen-bond donors (Lipinski definition) is 2. The average molecular weight is 219 g/mol. The van der Waals surface area contributed by atoms with Crippen molar-refractivity contribution in [2.45, 2.75) is 39.2 Å². The molecular formula is C10H21NO2S. The van der Waals surface area contributed by atoms with Gasteiger partial charge in [-0.25, -0.2) is 0 Å². The summed E-state index contributed by atoms with van der Waals surface area (Å²) in [5.74, 6) is 1.36. The highest BCUT2D eigenvalue weighted by Gasteiger charge is 2.14. The lowest BCUT2D eigenvalue weighted by Crippen LogP contribution is -2.37. The molecule has 0 saturated heterocycles. The van der Waals surface area contributed by atoms with E-state index in [2.05, 4.69) is 19.2 Å². The van der Waals surface area contributed by atoms with Crippen molar-refractivity contribution in [1.82, 2.24) is 5.32 Å². The molecule has 84 valence electrons. The molecule has 1 atom stereocenters. The fourth-order valence-electron chi connectivity index (χ4n) is 1.17. The summed E-state index contributed by atoms with van der Waals surface area (Å²) in [7, 11) is 0. The van der Waals surface area contributed by atoms with Crippen molar-refractivity contribution in [1.29, 1.82) is 0 Å². The Morgan fingerprint density at radius 3 is 2.71 bits per heavy atom. The van der Waals surface area contributed by atoms with Crippen molar-refractivity contribution in [3.05, 3.63) is 0 Å². The zero-order chi connectivity index (χ0) is 10.8. The Morgan fingerprint density at radius 2 is 2.21 bits per heavy atom. The van der Waals surface area contributed by atoms with Crippen molar-refractivity contribution in [2.24, 2.45) is 0 Å². The van der Waals surface area contributed by atoms with Crippen LogP contribution in [0.1, 0.15) is 33.1 Å². The van der Waals surface area contributed by atoms with Crippen LogP contribution in [0, 0.1) is 0 Å². The van der Waals surface area contributed by atoms with Gasteiger partial charge in [0, 0.05) is 12.3 Å². The smallest absolute Gasteiger partial charge is 0.320 e. The van der Waals surface area contributed by atoms with Crippen LogP contribution in [0.15, 0.2) is 0 Å². The standard InChI is InChI=1S/C10H21NO2S/c1-3-5-6-9(10(12)13)11-7-8-14-4-2/h9,11H,3-8H2,1-2H3,(H,12,13). The first-order valence-electron chi connectivity index (χ1n) is 5.26. The number of carbonyl (C=O) groups is 1. The predicted octanol–water partition coefficient (Wildman–Crippen LogP) is 1.97. The van der Waals surface area contributed by atoms with E-state index in [1.165, 1.54) is 0 Å². The van der Waals surface area contributed by atoms with E-state index in [1.807, 2.05) is 11.8 Å². The summed E-state index contributed by atoms with van der Waals surface area (Å²) in [6.07, 6.45) is 2.77. The highest BCUT2D eigenvalue weighted by Crippen LogP contribution is 2.02. The van der Waals surface area contributed by atoms with Crippen LogP contribution in [0.4, 0.5) is 0 Å². The molecule has 0 radical (unpaired) electrons. The molecule has 0 aromatic carbocycles. The molecule has 0 aromatic rings. The summed E-state index contributed by atoms with van der Waals surface area (Å²) in [6, 6.07) is -0.354. The summed E-state index contributed by atoms with van der Waals surface area (Å²) in [6.45, 7) is 4.97. The van der Waals surface area contributed by atoms with Crippen LogP contribution in [0.3, 0.4) is 0 Å². The first kappa shape index (κ1) is 13.8. The van der Waals surface area contributed by atoms with E-state index < -0.39 is 5.97 Å². The number of rotatable bonds is 9. The molecule has 4 heteroatoms. The number of thioether (sulfide) groups is 1. The van der Waals surface area contributed by atoms with E-state index in [0.29, 0.717) is 0 Å². The topological polar surface area (TPSA) is 49.3 Å². The Bertz CT molecular complexity index is 153. The number of carboxylic acids is 1. The zero-order valence-electron chi connectivity index (χ0n) is 9.08. The fraction of sp³-hybridized carbons (Fsp3) is 0.900. The van der Waals surface area contributed by atoms with E-state index in [9.17, 15) is 4.79 Å². The average Bonchev–Trinajstić information content (AvgIpc) is 2.16. The Labute approximate surface area is 90.7 Å². The molecule has 0 bridgehead atoms. The highest BCUT2D eigenvalue weighted by molar-refractivity contribution is 7.99. The molecule has 0 amide bonds. The largest absolute Gasteiger partial charge is 0.480 e. The Morgan fingerprint density at radius 1 is 1.50 bits per heavy atom. The van der Waals surface area contributed by atoms with Gasteiger partial charge in [-0.3, -0.25) is 4.79 Å². The van der Waals surface area contributed by atoms with E-state index in [4.69, 9.17) is 5.11 Å². The molecule has 0 fully saturated rings. The molecule has 0 aliphatic rings. The highest BCUT2D eigenvalue weighted by atomic mass is 32.2. The number of hydrogen-bond acceptors (Lipinski definition) is 3. The third kappa shape index (κ3) is 7.21. The minimum atomic E-state index is -0.722. The van der Waals surface area contributed by atoms with Crippen molar-refractivity contribution in [3.8, 4) is 0 Å². The van der Waals surface area contributed by atoms with Gasteiger partial charge in [-0.15, -0.1) is 0 Å². The lowest BCUT2D eigenvalue weighted by Gasteiger charge is -2.13. The van der Waals surface area contributed by atoms with Crippen LogP contribution in [-0.4, -0.2) is 35.2 Å². The van der Waals surface area contributed by atoms with Gasteiger partial charge in [0.25, 0.3) is 0 Å². The van der Waals surface area contributed by atoms with Gasteiger partial charge in [0.15, 0.2) is 0 Å². The number of unbranched alkanes of at least 4 members (excludes halogenated alkanes) is 1. The molecule has 0 spiro atoms. The summed E-state index contributed by atoms with van der Waals surface area (Å²) < 4.78 is 0. The quantitative estimate of drug-likeness (QED) is 0.582. The lowest BCUT2D eigenvalue weighted by atomic mass is 10.1. The van der Waals surface area contributed by atoms with Crippen LogP contribution < -0.4 is 5.32 Å². The van der Waals surface area contributed by atoms with Gasteiger partial charge in [0.1, 0.15) is 6.04 Å². The lowest BCUT2D eigenvalue weighted by molar-refractivity contribution is -0.139. The number of nitrogens with one attached hydrogen (secondary N) is 1. The van der Waals surface area contributed by atoms with Crippen molar-refractivity contribution in [3.63, 3.8) is 0 Å². The van der Waals surface area contributed by atoms with Gasteiger partial charge in [0.2, 0.25) is 0 Å². The van der Waals surface area contributed by atoms with E-state index in [1.54, 1.807) is 0 Å². The van der Waals surface area contributed by atoms with E-state index in [0.717, 1.165) is 37.3 Å². The van der Waals surface area contributed by atoms with Gasteiger partial charge in [-0.1, -0.05) is 26.7 Å². The third-order valence-electron chi connectivity index (χ3n) is 1.99. The van der Waals surface area contributed by atoms with Gasteiger partial charge in [-0.2, -0.15) is 11.8 Å². The molecule has 3 nitrogen and oxygen atoms in total. The van der Waals surface area contributed by atoms with E-state index in [-0.39, 0.29) is 6.04 Å². The predicted molar refractivity (Wildman–Crippen MR) is 62.0 cm³/mol. The van der Waals surface area contributed by atoms with Crippen molar-refractivity contribution >= 4 is 17.7 Å². The second-order valence-corrected chi connectivity index (χ2v) is 4.58. The number of carboxylic acid groups (broad SMARTS) is 1. The summed E-state index contributed by atoms with van der Waals surface area (Å²) in [4.78, 5) is 10.8. The third-order valence-corrected chi connectivity index (χ3v) is 2.89. The summed E-state index contributed by atoms with van der Waals surface area (Å²) >= 11 is 1.83. The van der Waals surface area contributed by atoms with Crippen molar-refractivity contribution < 1.29 is 9.90 Å². The van der Waals surface area contributed by atoms with Crippen molar-refractivity contribution in [2.75, 3.05) is 18.1 Å². The Hall–Kier alpha value is -0.220. The Balaban J connectivity index is 3.57. The normalized spacial score (nSPS) is 12.7. The SMILES string of the molecule is CCCCC(NCCSCC)C(=O)O. The van der Waals surface area contributed by atoms with Crippen LogP contribution in [-0.2, 0) is 4.79 Å². The maximum absolute atomic E-state index is 10.8. The number of aliphatic carboxylic acids is 1. The molecule has 0 heterocycles. The second kappa shape index (κ2) is 9.34.